The second-order valence-electron chi connectivity index (χ2n) is 4.32. The molecule has 1 aromatic carbocycles. The van der Waals surface area contributed by atoms with Crippen molar-refractivity contribution in [3.8, 4) is 0 Å². The van der Waals surface area contributed by atoms with Crippen molar-refractivity contribution in [2.75, 3.05) is 13.1 Å². The lowest BCUT2D eigenvalue weighted by Gasteiger charge is -2.29. The van der Waals surface area contributed by atoms with Crippen LogP contribution in [-0.4, -0.2) is 31.9 Å². The van der Waals surface area contributed by atoms with E-state index < -0.39 is 10.0 Å². The van der Waals surface area contributed by atoms with Crippen LogP contribution < -0.4 is 5.73 Å². The highest BCUT2D eigenvalue weighted by atomic mass is 79.9. The predicted octanol–water partition coefficient (Wildman–Crippen LogP) is 2.32. The third-order valence-electron chi connectivity index (χ3n) is 3.01. The highest BCUT2D eigenvalue weighted by Crippen LogP contribution is 2.29. The lowest BCUT2D eigenvalue weighted by molar-refractivity contribution is 0.320. The molecule has 1 aliphatic heterocycles. The first-order valence-electron chi connectivity index (χ1n) is 5.62. The van der Waals surface area contributed by atoms with Crippen molar-refractivity contribution < 1.29 is 8.42 Å². The fourth-order valence-corrected chi connectivity index (χ4v) is 4.86. The van der Waals surface area contributed by atoms with Gasteiger partial charge in [-0.05, 0) is 47.0 Å². The van der Waals surface area contributed by atoms with Gasteiger partial charge in [-0.3, -0.25) is 0 Å². The molecule has 0 amide bonds. The summed E-state index contributed by atoms with van der Waals surface area (Å²) in [6.45, 7) is 0.977. The number of hydrogen-bond donors (Lipinski definition) is 1. The summed E-state index contributed by atoms with van der Waals surface area (Å²) in [5, 5.41) is 0. The van der Waals surface area contributed by atoms with Crippen molar-refractivity contribution >= 4 is 41.9 Å². The lowest BCUT2D eigenvalue weighted by Crippen LogP contribution is -2.42. The Morgan fingerprint density at radius 3 is 2.44 bits per heavy atom. The van der Waals surface area contributed by atoms with Crippen molar-refractivity contribution in [3.05, 3.63) is 27.1 Å². The first kappa shape index (κ1) is 14.5. The van der Waals surface area contributed by atoms with Crippen molar-refractivity contribution in [2.45, 2.75) is 23.8 Å². The molecule has 4 nitrogen and oxygen atoms in total. The molecule has 2 N–H and O–H groups in total. The van der Waals surface area contributed by atoms with E-state index in [0.29, 0.717) is 35.3 Å². The maximum atomic E-state index is 12.5. The third kappa shape index (κ3) is 2.96. The van der Waals surface area contributed by atoms with Crippen LogP contribution in [-0.2, 0) is 10.0 Å². The number of rotatable bonds is 2. The molecule has 1 heterocycles. The van der Waals surface area contributed by atoms with Crippen molar-refractivity contribution in [3.63, 3.8) is 0 Å². The van der Waals surface area contributed by atoms with Crippen LogP contribution in [0.1, 0.15) is 12.8 Å². The molecule has 100 valence electrons. The number of benzene rings is 1. The average Bonchev–Trinajstić information content (AvgIpc) is 2.32. The number of nitrogens with two attached hydrogens (primary N) is 1. The van der Waals surface area contributed by atoms with Crippen molar-refractivity contribution in [1.29, 1.82) is 0 Å². The predicted molar refractivity (Wildman–Crippen MR) is 77.8 cm³/mol. The van der Waals surface area contributed by atoms with Gasteiger partial charge < -0.3 is 5.73 Å². The minimum atomic E-state index is -3.44. The summed E-state index contributed by atoms with van der Waals surface area (Å²) >= 11 is 6.59. The zero-order valence-electron chi connectivity index (χ0n) is 9.64. The van der Waals surface area contributed by atoms with Gasteiger partial charge in [0.1, 0.15) is 0 Å². The number of piperidine rings is 1. The van der Waals surface area contributed by atoms with Gasteiger partial charge in [-0.25, -0.2) is 8.42 Å². The van der Waals surface area contributed by atoms with Crippen LogP contribution in [0.3, 0.4) is 0 Å². The summed E-state index contributed by atoms with van der Waals surface area (Å²) in [7, 11) is -3.44. The van der Waals surface area contributed by atoms with Crippen LogP contribution in [0.25, 0.3) is 0 Å². The number of sulfonamides is 1. The van der Waals surface area contributed by atoms with Gasteiger partial charge in [0.15, 0.2) is 0 Å². The van der Waals surface area contributed by atoms with Crippen LogP contribution >= 0.6 is 31.9 Å². The smallest absolute Gasteiger partial charge is 0.244 e. The molecule has 0 bridgehead atoms. The van der Waals surface area contributed by atoms with E-state index in [9.17, 15) is 8.42 Å². The van der Waals surface area contributed by atoms with E-state index in [1.54, 1.807) is 18.2 Å². The Kier molecular flexibility index (Phi) is 4.48. The van der Waals surface area contributed by atoms with Gasteiger partial charge in [-0.15, -0.1) is 0 Å². The Hall–Kier alpha value is 0.0500. The largest absolute Gasteiger partial charge is 0.328 e. The Morgan fingerprint density at radius 1 is 1.22 bits per heavy atom. The SMILES string of the molecule is NC1CCN(S(=O)(=O)c2cc(Br)ccc2Br)CC1. The van der Waals surface area contributed by atoms with E-state index >= 15 is 0 Å². The van der Waals surface area contributed by atoms with E-state index in [1.165, 1.54) is 4.31 Å². The highest BCUT2D eigenvalue weighted by Gasteiger charge is 2.29. The molecular formula is C11H14Br2N2O2S. The quantitative estimate of drug-likeness (QED) is 0.832. The van der Waals surface area contributed by atoms with Crippen LogP contribution in [0.5, 0.6) is 0 Å². The first-order valence-corrected chi connectivity index (χ1v) is 8.64. The summed E-state index contributed by atoms with van der Waals surface area (Å²) < 4.78 is 27.8. The molecular weight excluding hydrogens is 384 g/mol. The van der Waals surface area contributed by atoms with E-state index in [4.69, 9.17) is 5.73 Å². The summed E-state index contributed by atoms with van der Waals surface area (Å²) in [4.78, 5) is 0.298. The Labute approximate surface area is 124 Å². The topological polar surface area (TPSA) is 63.4 Å². The van der Waals surface area contributed by atoms with Gasteiger partial charge in [0.2, 0.25) is 10.0 Å². The summed E-state index contributed by atoms with van der Waals surface area (Å²) in [5.41, 5.74) is 5.79. The summed E-state index contributed by atoms with van der Waals surface area (Å²) in [5.74, 6) is 0. The van der Waals surface area contributed by atoms with Gasteiger partial charge in [-0.1, -0.05) is 15.9 Å². The molecule has 2 rings (SSSR count). The van der Waals surface area contributed by atoms with Gasteiger partial charge >= 0.3 is 0 Å². The molecule has 0 atom stereocenters. The van der Waals surface area contributed by atoms with Crippen LogP contribution in [0.2, 0.25) is 0 Å². The molecule has 0 aliphatic carbocycles. The maximum absolute atomic E-state index is 12.5. The fourth-order valence-electron chi connectivity index (χ4n) is 1.93. The summed E-state index contributed by atoms with van der Waals surface area (Å²) in [6, 6.07) is 5.26. The molecule has 1 saturated heterocycles. The van der Waals surface area contributed by atoms with Crippen LogP contribution in [0, 0.1) is 0 Å². The lowest BCUT2D eigenvalue weighted by atomic mass is 10.1. The van der Waals surface area contributed by atoms with Crippen molar-refractivity contribution in [1.82, 2.24) is 4.31 Å². The summed E-state index contributed by atoms with van der Waals surface area (Å²) in [6.07, 6.45) is 1.43. The van der Waals surface area contributed by atoms with Gasteiger partial charge in [0.05, 0.1) is 4.90 Å². The number of halogens is 2. The second kappa shape index (κ2) is 5.58. The van der Waals surface area contributed by atoms with E-state index in [-0.39, 0.29) is 6.04 Å². The zero-order chi connectivity index (χ0) is 13.3. The maximum Gasteiger partial charge on any atom is 0.244 e. The van der Waals surface area contributed by atoms with Gasteiger partial charge in [0.25, 0.3) is 0 Å². The molecule has 1 fully saturated rings. The third-order valence-corrected chi connectivity index (χ3v) is 6.40. The minimum absolute atomic E-state index is 0.113. The van der Waals surface area contributed by atoms with E-state index in [1.807, 2.05) is 0 Å². The fraction of sp³-hybridized carbons (Fsp3) is 0.455. The molecule has 18 heavy (non-hydrogen) atoms. The highest BCUT2D eigenvalue weighted by molar-refractivity contribution is 9.11. The molecule has 7 heteroatoms. The van der Waals surface area contributed by atoms with Crippen LogP contribution in [0.15, 0.2) is 32.0 Å². The Balaban J connectivity index is 2.33. The number of nitrogens with zero attached hydrogens (tertiary/aromatic N) is 1. The first-order chi connectivity index (χ1) is 8.41. The van der Waals surface area contributed by atoms with Crippen LogP contribution in [0.4, 0.5) is 0 Å². The van der Waals surface area contributed by atoms with Gasteiger partial charge in [-0.2, -0.15) is 4.31 Å². The monoisotopic (exact) mass is 396 g/mol. The standard InChI is InChI=1S/C11H14Br2N2O2S/c12-8-1-2-10(13)11(7-8)18(16,17)15-5-3-9(14)4-6-15/h1-2,7,9H,3-6,14H2. The second-order valence-corrected chi connectivity index (χ2v) is 7.99. The average molecular weight is 398 g/mol. The Bertz CT molecular complexity index is 540. The molecule has 0 spiro atoms. The molecule has 0 saturated carbocycles. The van der Waals surface area contributed by atoms with Gasteiger partial charge in [0, 0.05) is 28.1 Å². The molecule has 1 aromatic rings. The van der Waals surface area contributed by atoms with Crippen molar-refractivity contribution in [2.24, 2.45) is 5.73 Å². The molecule has 1 aliphatic rings. The number of hydrogen-bond acceptors (Lipinski definition) is 3. The van der Waals surface area contributed by atoms with E-state index in [2.05, 4.69) is 31.9 Å². The minimum Gasteiger partial charge on any atom is -0.328 e. The molecule has 0 radical (unpaired) electrons. The Morgan fingerprint density at radius 2 is 1.83 bits per heavy atom. The molecule has 0 unspecified atom stereocenters. The normalized spacial score (nSPS) is 19.1. The van der Waals surface area contributed by atoms with E-state index in [0.717, 1.165) is 4.47 Å². The molecule has 0 aromatic heterocycles. The zero-order valence-corrected chi connectivity index (χ0v) is 13.6.